The van der Waals surface area contributed by atoms with Crippen LogP contribution < -0.4 is 11.1 Å². The van der Waals surface area contributed by atoms with Gasteiger partial charge in [-0.1, -0.05) is 0 Å². The van der Waals surface area contributed by atoms with E-state index in [1.807, 2.05) is 7.05 Å². The predicted octanol–water partition coefficient (Wildman–Crippen LogP) is 0.891. The van der Waals surface area contributed by atoms with Gasteiger partial charge in [0, 0.05) is 0 Å². The van der Waals surface area contributed by atoms with E-state index < -0.39 is 12.2 Å². The van der Waals surface area contributed by atoms with Gasteiger partial charge in [0.15, 0.2) is 0 Å². The second kappa shape index (κ2) is 4.95. The molecule has 0 aliphatic carbocycles. The van der Waals surface area contributed by atoms with Crippen LogP contribution in [0.5, 0.6) is 0 Å². The first kappa shape index (κ1) is 13.7. The highest BCUT2D eigenvalue weighted by Gasteiger charge is 2.32. The first-order valence-corrected chi connectivity index (χ1v) is 4.30. The first-order chi connectivity index (χ1) is 6.21. The predicted molar refractivity (Wildman–Crippen MR) is 48.0 cm³/mol. The van der Waals surface area contributed by atoms with E-state index in [1.54, 1.807) is 0 Å². The third-order valence-electron chi connectivity index (χ3n) is 1.96. The molecule has 1 heterocycles. The second-order valence-electron chi connectivity index (χ2n) is 3.63. The molecule has 1 fully saturated rings. The van der Waals surface area contributed by atoms with Crippen molar-refractivity contribution in [2.24, 2.45) is 5.73 Å². The summed E-state index contributed by atoms with van der Waals surface area (Å²) in [5.74, 6) is 0. The fraction of sp³-hybridized carbons (Fsp3) is 1.00. The zero-order valence-corrected chi connectivity index (χ0v) is 8.61. The molecule has 0 bridgehead atoms. The van der Waals surface area contributed by atoms with Crippen LogP contribution in [0, 0.1) is 0 Å². The quantitative estimate of drug-likeness (QED) is 0.681. The van der Waals surface area contributed by atoms with Crippen LogP contribution in [0.3, 0.4) is 0 Å². The molecule has 0 amide bonds. The zero-order chi connectivity index (χ0) is 11.4. The summed E-state index contributed by atoms with van der Waals surface area (Å²) in [6, 6.07) is -1.70. The monoisotopic (exact) mass is 214 g/mol. The average molecular weight is 214 g/mol. The summed E-state index contributed by atoms with van der Waals surface area (Å²) < 4.78 is 38.1. The number of hydrogen-bond acceptors (Lipinski definition) is 3. The van der Waals surface area contributed by atoms with E-state index in [2.05, 4.69) is 18.0 Å². The fourth-order valence-electron chi connectivity index (χ4n) is 0.553. The lowest BCUT2D eigenvalue weighted by Gasteiger charge is -2.37. The molecule has 1 atom stereocenters. The van der Waals surface area contributed by atoms with Gasteiger partial charge in [-0.25, -0.2) is 0 Å². The standard InChI is InChI=1S/C5H11NO.C3H6F3N/c1-5(6-2)3-7-4-5;1-2(7)3(4,5)6/h6H,3-4H2,1-2H3;2H,7H2,1H3. The van der Waals surface area contributed by atoms with Crippen molar-refractivity contribution in [3.05, 3.63) is 0 Å². The van der Waals surface area contributed by atoms with E-state index >= 15 is 0 Å². The summed E-state index contributed by atoms with van der Waals surface area (Å²) in [4.78, 5) is 0. The molecule has 3 N–H and O–H groups in total. The van der Waals surface area contributed by atoms with E-state index in [4.69, 9.17) is 4.74 Å². The van der Waals surface area contributed by atoms with E-state index in [1.165, 1.54) is 0 Å². The van der Waals surface area contributed by atoms with Gasteiger partial charge < -0.3 is 15.8 Å². The van der Waals surface area contributed by atoms with Gasteiger partial charge in [0.25, 0.3) is 0 Å². The molecular weight excluding hydrogens is 197 g/mol. The molecular formula is C8H17F3N2O. The molecule has 6 heteroatoms. The van der Waals surface area contributed by atoms with Crippen molar-refractivity contribution < 1.29 is 17.9 Å². The van der Waals surface area contributed by atoms with Crippen molar-refractivity contribution in [2.45, 2.75) is 31.6 Å². The summed E-state index contributed by atoms with van der Waals surface area (Å²) in [5, 5.41) is 3.15. The number of halogens is 3. The molecule has 0 aromatic rings. The molecule has 1 saturated heterocycles. The summed E-state index contributed by atoms with van der Waals surface area (Å²) in [7, 11) is 1.96. The summed E-state index contributed by atoms with van der Waals surface area (Å²) in [5.41, 5.74) is 4.74. The molecule has 1 aliphatic rings. The van der Waals surface area contributed by atoms with Gasteiger partial charge in [0.1, 0.15) is 0 Å². The maximum Gasteiger partial charge on any atom is 0.403 e. The van der Waals surface area contributed by atoms with Crippen LogP contribution >= 0.6 is 0 Å². The van der Waals surface area contributed by atoms with Crippen LogP contribution in [0.25, 0.3) is 0 Å². The number of rotatable bonds is 1. The van der Waals surface area contributed by atoms with Crippen LogP contribution in [0.2, 0.25) is 0 Å². The molecule has 0 spiro atoms. The van der Waals surface area contributed by atoms with Crippen LogP contribution in [0.15, 0.2) is 0 Å². The smallest absolute Gasteiger partial charge is 0.377 e. The highest BCUT2D eigenvalue weighted by molar-refractivity contribution is 4.87. The number of alkyl halides is 3. The lowest BCUT2D eigenvalue weighted by Crippen LogP contribution is -2.56. The van der Waals surface area contributed by atoms with E-state index in [9.17, 15) is 13.2 Å². The highest BCUT2D eigenvalue weighted by Crippen LogP contribution is 2.16. The Bertz CT molecular complexity index is 161. The number of nitrogens with one attached hydrogen (secondary N) is 1. The molecule has 1 rings (SSSR count). The normalized spacial score (nSPS) is 21.6. The van der Waals surface area contributed by atoms with Gasteiger partial charge in [-0.3, -0.25) is 0 Å². The summed E-state index contributed by atoms with van der Waals surface area (Å²) in [6.45, 7) is 4.78. The molecule has 3 nitrogen and oxygen atoms in total. The van der Waals surface area contributed by atoms with Crippen molar-refractivity contribution in [3.8, 4) is 0 Å². The Labute approximate surface area is 81.8 Å². The van der Waals surface area contributed by atoms with E-state index in [0.717, 1.165) is 20.1 Å². The Kier molecular flexibility index (Phi) is 4.83. The Morgan fingerprint density at radius 1 is 1.43 bits per heavy atom. The van der Waals surface area contributed by atoms with Gasteiger partial charge >= 0.3 is 6.18 Å². The number of hydrogen-bond donors (Lipinski definition) is 2. The van der Waals surface area contributed by atoms with Gasteiger partial charge in [0.2, 0.25) is 0 Å². The molecule has 14 heavy (non-hydrogen) atoms. The van der Waals surface area contributed by atoms with Crippen molar-refractivity contribution >= 4 is 0 Å². The van der Waals surface area contributed by atoms with E-state index in [-0.39, 0.29) is 0 Å². The lowest BCUT2D eigenvalue weighted by molar-refractivity contribution is -0.143. The molecule has 1 unspecified atom stereocenters. The molecule has 0 aromatic carbocycles. The lowest BCUT2D eigenvalue weighted by atomic mass is 10.0. The molecule has 0 radical (unpaired) electrons. The van der Waals surface area contributed by atoms with Gasteiger partial charge in [-0.2, -0.15) is 13.2 Å². The minimum absolute atomic E-state index is 0.292. The van der Waals surface area contributed by atoms with Crippen LogP contribution in [-0.2, 0) is 4.74 Å². The maximum absolute atomic E-state index is 11.1. The Morgan fingerprint density at radius 3 is 1.79 bits per heavy atom. The molecule has 0 aromatic heterocycles. The first-order valence-electron chi connectivity index (χ1n) is 4.30. The summed E-state index contributed by atoms with van der Waals surface area (Å²) >= 11 is 0. The zero-order valence-electron chi connectivity index (χ0n) is 8.61. The number of ether oxygens (including phenoxy) is 1. The second-order valence-corrected chi connectivity index (χ2v) is 3.63. The van der Waals surface area contributed by atoms with Crippen molar-refractivity contribution in [1.29, 1.82) is 0 Å². The SMILES string of the molecule is CC(N)C(F)(F)F.CNC1(C)COC1. The van der Waals surface area contributed by atoms with Crippen molar-refractivity contribution in [2.75, 3.05) is 20.3 Å². The van der Waals surface area contributed by atoms with Crippen LogP contribution in [0.4, 0.5) is 13.2 Å². The van der Waals surface area contributed by atoms with Gasteiger partial charge in [-0.05, 0) is 20.9 Å². The van der Waals surface area contributed by atoms with Crippen LogP contribution in [0.1, 0.15) is 13.8 Å². The Hall–Kier alpha value is -0.330. The number of likely N-dealkylation sites (N-methyl/N-ethyl adjacent to an activating group) is 1. The van der Waals surface area contributed by atoms with Crippen LogP contribution in [-0.4, -0.2) is 38.0 Å². The third-order valence-corrected chi connectivity index (χ3v) is 1.96. The fourth-order valence-corrected chi connectivity index (χ4v) is 0.553. The average Bonchev–Trinajstić information content (AvgIpc) is 1.99. The topological polar surface area (TPSA) is 47.3 Å². The Morgan fingerprint density at radius 2 is 1.79 bits per heavy atom. The summed E-state index contributed by atoms with van der Waals surface area (Å²) in [6.07, 6.45) is -4.22. The third kappa shape index (κ3) is 4.78. The van der Waals surface area contributed by atoms with E-state index in [0.29, 0.717) is 5.54 Å². The largest absolute Gasteiger partial charge is 0.403 e. The Balaban J connectivity index is 0.000000241. The minimum atomic E-state index is -4.22. The van der Waals surface area contributed by atoms with Crippen molar-refractivity contribution in [3.63, 3.8) is 0 Å². The highest BCUT2D eigenvalue weighted by atomic mass is 19.4. The molecule has 0 saturated carbocycles. The van der Waals surface area contributed by atoms with Crippen molar-refractivity contribution in [1.82, 2.24) is 5.32 Å². The molecule has 86 valence electrons. The van der Waals surface area contributed by atoms with Gasteiger partial charge in [0.05, 0.1) is 24.8 Å². The number of nitrogens with two attached hydrogens (primary N) is 1. The minimum Gasteiger partial charge on any atom is -0.377 e. The maximum atomic E-state index is 11.1. The molecule has 1 aliphatic heterocycles. The van der Waals surface area contributed by atoms with Gasteiger partial charge in [-0.15, -0.1) is 0 Å².